The van der Waals surface area contributed by atoms with Crippen molar-refractivity contribution in [1.29, 1.82) is 0 Å². The van der Waals surface area contributed by atoms with Crippen LogP contribution < -0.4 is 15.1 Å². The highest BCUT2D eigenvalue weighted by molar-refractivity contribution is 6.99. The van der Waals surface area contributed by atoms with Gasteiger partial charge in [0.05, 0.1) is 32.3 Å². The maximum atomic E-state index is 13.0. The minimum Gasteiger partial charge on any atom is -0.497 e. The molecule has 0 unspecified atom stereocenters. The van der Waals surface area contributed by atoms with Crippen molar-refractivity contribution in [1.82, 2.24) is 0 Å². The second kappa shape index (κ2) is 13.4. The second-order valence-electron chi connectivity index (χ2n) is 12.8. The van der Waals surface area contributed by atoms with Gasteiger partial charge in [-0.15, -0.1) is 0 Å². The molecule has 0 aliphatic carbocycles. The minimum absolute atomic E-state index is 0.190. The molecule has 3 atom stereocenters. The number of aldehydes is 1. The molecule has 3 aromatic carbocycles. The Bertz CT molecular complexity index is 1260. The maximum absolute atomic E-state index is 13.0. The molecule has 1 saturated heterocycles. The van der Waals surface area contributed by atoms with Gasteiger partial charge >= 0.3 is 5.97 Å². The van der Waals surface area contributed by atoms with E-state index < -0.39 is 25.9 Å². The van der Waals surface area contributed by atoms with Gasteiger partial charge in [0, 0.05) is 18.3 Å². The lowest BCUT2D eigenvalue weighted by Gasteiger charge is -2.46. The van der Waals surface area contributed by atoms with Crippen LogP contribution in [0.25, 0.3) is 0 Å². The number of methoxy groups -OCH3 is 1. The number of benzene rings is 3. The quantitative estimate of drug-likeness (QED) is 0.150. The molecule has 0 radical (unpaired) electrons. The van der Waals surface area contributed by atoms with Crippen molar-refractivity contribution in [3.63, 3.8) is 0 Å². The number of ether oxygens (including phenoxy) is 3. The van der Waals surface area contributed by atoms with Gasteiger partial charge in [0.25, 0.3) is 8.32 Å². The molecule has 1 heterocycles. The van der Waals surface area contributed by atoms with Gasteiger partial charge in [-0.1, -0.05) is 107 Å². The van der Waals surface area contributed by atoms with Crippen molar-refractivity contribution < 1.29 is 28.2 Å². The van der Waals surface area contributed by atoms with Crippen LogP contribution in [0.2, 0.25) is 5.04 Å². The Hall–Kier alpha value is -3.26. The Labute approximate surface area is 251 Å². The summed E-state index contributed by atoms with van der Waals surface area (Å²) in [5.74, 6) is 0.483. The Morgan fingerprint density at radius 2 is 1.48 bits per heavy atom. The van der Waals surface area contributed by atoms with Crippen molar-refractivity contribution in [3.05, 3.63) is 90.5 Å². The van der Waals surface area contributed by atoms with Gasteiger partial charge in [0.2, 0.25) is 0 Å². The molecule has 4 rings (SSSR count). The lowest BCUT2D eigenvalue weighted by molar-refractivity contribution is -0.164. The molecule has 1 aliphatic rings. The van der Waals surface area contributed by atoms with Crippen LogP contribution in [0.1, 0.15) is 59.4 Å². The average molecular weight is 589 g/mol. The van der Waals surface area contributed by atoms with Crippen LogP contribution >= 0.6 is 0 Å². The fourth-order valence-corrected chi connectivity index (χ4v) is 10.5. The minimum atomic E-state index is -2.85. The molecule has 0 saturated carbocycles. The van der Waals surface area contributed by atoms with Crippen molar-refractivity contribution >= 4 is 30.9 Å². The van der Waals surface area contributed by atoms with Crippen molar-refractivity contribution in [3.8, 4) is 5.75 Å². The number of carbonyl (C=O) groups excluding carboxylic acids is 2. The first-order valence-electron chi connectivity index (χ1n) is 14.7. The summed E-state index contributed by atoms with van der Waals surface area (Å²) in [5, 5.41) is 2.12. The average Bonchev–Trinajstić information content (AvgIpc) is 2.98. The Morgan fingerprint density at radius 1 is 0.905 bits per heavy atom. The number of cyclic esters (lactones) is 1. The Kier molecular flexibility index (Phi) is 10.1. The third-order valence-electron chi connectivity index (χ3n) is 8.20. The smallest absolute Gasteiger partial charge is 0.308 e. The van der Waals surface area contributed by atoms with E-state index in [1.807, 2.05) is 50.2 Å². The summed E-state index contributed by atoms with van der Waals surface area (Å²) in [6.45, 7) is 10.7. The number of esters is 1. The van der Waals surface area contributed by atoms with E-state index in [-0.39, 0.29) is 23.5 Å². The van der Waals surface area contributed by atoms with Crippen molar-refractivity contribution in [2.24, 2.45) is 5.41 Å². The Balaban J connectivity index is 1.59. The molecule has 0 amide bonds. The number of hydrogen-bond acceptors (Lipinski definition) is 6. The van der Waals surface area contributed by atoms with E-state index in [1.165, 1.54) is 10.4 Å². The molecule has 6 nitrogen and oxygen atoms in total. The van der Waals surface area contributed by atoms with Crippen LogP contribution in [0.3, 0.4) is 0 Å². The summed E-state index contributed by atoms with van der Waals surface area (Å²) in [7, 11) is -1.22. The second-order valence-corrected chi connectivity index (χ2v) is 17.0. The highest BCUT2D eigenvalue weighted by Gasteiger charge is 2.52. The lowest BCUT2D eigenvalue weighted by atomic mass is 9.83. The fraction of sp³-hybridized carbons (Fsp3) is 0.429. The van der Waals surface area contributed by atoms with Gasteiger partial charge in [-0.3, -0.25) is 4.79 Å². The largest absolute Gasteiger partial charge is 0.497 e. The molecule has 7 heteroatoms. The first kappa shape index (κ1) is 31.7. The number of rotatable bonds is 12. The summed E-state index contributed by atoms with van der Waals surface area (Å²) in [6.07, 6.45) is 0.824. The summed E-state index contributed by atoms with van der Waals surface area (Å²) in [4.78, 5) is 25.1. The monoisotopic (exact) mass is 588 g/mol. The summed E-state index contributed by atoms with van der Waals surface area (Å²) < 4.78 is 24.7. The zero-order valence-electron chi connectivity index (χ0n) is 25.7. The molecule has 0 aromatic heterocycles. The van der Waals surface area contributed by atoms with Crippen LogP contribution in [0.4, 0.5) is 0 Å². The van der Waals surface area contributed by atoms with Gasteiger partial charge < -0.3 is 23.4 Å². The molecule has 42 heavy (non-hydrogen) atoms. The van der Waals surface area contributed by atoms with Gasteiger partial charge in [0.15, 0.2) is 0 Å². The first-order valence-corrected chi connectivity index (χ1v) is 16.6. The molecule has 1 fully saturated rings. The third kappa shape index (κ3) is 7.20. The first-order chi connectivity index (χ1) is 20.0. The molecule has 1 aliphatic heterocycles. The summed E-state index contributed by atoms with van der Waals surface area (Å²) in [5.41, 5.74) is 0.195. The Morgan fingerprint density at radius 3 is 1.98 bits per heavy atom. The van der Waals surface area contributed by atoms with Crippen LogP contribution in [0.15, 0.2) is 84.9 Å². The zero-order valence-corrected chi connectivity index (χ0v) is 26.7. The van der Waals surface area contributed by atoms with Crippen molar-refractivity contribution in [2.75, 3.05) is 7.11 Å². The van der Waals surface area contributed by atoms with Gasteiger partial charge in [-0.2, -0.15) is 0 Å². The summed E-state index contributed by atoms with van der Waals surface area (Å²) >= 11 is 0. The SMILES string of the molecule is COc1ccc(CO[C@@H](C[C@H]2C[C@@H](O[Si](c3ccccc3)(c3ccccc3)C(C)(C)C)CC(=O)O2)C(C)(C)C=O)cc1. The molecule has 0 bridgehead atoms. The van der Waals surface area contributed by atoms with Crippen LogP contribution in [-0.2, 0) is 30.1 Å². The molecule has 224 valence electrons. The molecule has 0 spiro atoms. The fourth-order valence-electron chi connectivity index (χ4n) is 5.84. The predicted octanol–water partition coefficient (Wildman–Crippen LogP) is 5.85. The van der Waals surface area contributed by atoms with E-state index in [9.17, 15) is 9.59 Å². The maximum Gasteiger partial charge on any atom is 0.308 e. The van der Waals surface area contributed by atoms with E-state index in [0.717, 1.165) is 17.6 Å². The van der Waals surface area contributed by atoms with E-state index in [2.05, 4.69) is 69.3 Å². The van der Waals surface area contributed by atoms with Crippen LogP contribution in [0, 0.1) is 5.41 Å². The highest BCUT2D eigenvalue weighted by Crippen LogP contribution is 2.39. The van der Waals surface area contributed by atoms with E-state index in [1.54, 1.807) is 7.11 Å². The summed E-state index contributed by atoms with van der Waals surface area (Å²) in [6, 6.07) is 28.5. The topological polar surface area (TPSA) is 71.1 Å². The highest BCUT2D eigenvalue weighted by atomic mass is 28.4. The number of hydrogen-bond donors (Lipinski definition) is 0. The molecule has 0 N–H and O–H groups in total. The van der Waals surface area contributed by atoms with E-state index in [0.29, 0.717) is 19.4 Å². The molecule has 3 aromatic rings. The van der Waals surface area contributed by atoms with Gasteiger partial charge in [-0.25, -0.2) is 0 Å². The zero-order chi connectivity index (χ0) is 30.4. The number of carbonyl (C=O) groups is 2. The van der Waals surface area contributed by atoms with E-state index >= 15 is 0 Å². The molecular formula is C35H44O6Si. The van der Waals surface area contributed by atoms with Crippen LogP contribution in [-0.4, -0.2) is 46.0 Å². The van der Waals surface area contributed by atoms with Gasteiger partial charge in [-0.05, 0) is 33.1 Å². The standard InChI is InChI=1S/C35H44O6Si/c1-34(2,3)42(30-13-9-7-10-14-30,31-15-11-8-12-16-31)41-29-21-28(40-33(37)23-29)22-32(35(4,5)25-36)39-24-26-17-19-27(38-6)20-18-26/h7-20,25,28-29,32H,21-24H2,1-6H3/t28-,29-,32+/m1/s1. The lowest BCUT2D eigenvalue weighted by Crippen LogP contribution is -2.68. The van der Waals surface area contributed by atoms with Crippen molar-refractivity contribution in [2.45, 2.75) is 83.8 Å². The van der Waals surface area contributed by atoms with E-state index in [4.69, 9.17) is 18.6 Å². The van der Waals surface area contributed by atoms with Crippen LogP contribution in [0.5, 0.6) is 5.75 Å². The normalized spacial score (nSPS) is 18.7. The predicted molar refractivity (Wildman–Crippen MR) is 168 cm³/mol. The van der Waals surface area contributed by atoms with Gasteiger partial charge in [0.1, 0.15) is 18.1 Å². The molecular weight excluding hydrogens is 544 g/mol. The third-order valence-corrected chi connectivity index (χ3v) is 13.3.